The quantitative estimate of drug-likeness (QED) is 0.788. The van der Waals surface area contributed by atoms with Crippen LogP contribution in [0.2, 0.25) is 4.34 Å². The van der Waals surface area contributed by atoms with E-state index in [0.29, 0.717) is 12.3 Å². The van der Waals surface area contributed by atoms with E-state index in [4.69, 9.17) is 16.3 Å². The summed E-state index contributed by atoms with van der Waals surface area (Å²) >= 11 is 7.43. The number of aromatic nitrogens is 2. The smallest absolute Gasteiger partial charge is 0.358 e. The van der Waals surface area contributed by atoms with E-state index in [9.17, 15) is 4.79 Å². The lowest BCUT2D eigenvalue weighted by Gasteiger charge is -2.02. The van der Waals surface area contributed by atoms with Gasteiger partial charge in [0.25, 0.3) is 0 Å². The van der Waals surface area contributed by atoms with Gasteiger partial charge in [-0.25, -0.2) is 4.79 Å². The lowest BCUT2D eigenvalue weighted by Crippen LogP contribution is -2.07. The average Bonchev–Trinajstić information content (AvgIpc) is 2.96. The van der Waals surface area contributed by atoms with Crippen LogP contribution in [0.15, 0.2) is 18.2 Å². The first-order valence-corrected chi connectivity index (χ1v) is 7.35. The molecule has 2 rings (SSSR count). The number of rotatable bonds is 5. The number of esters is 1. The second kappa shape index (κ2) is 6.21. The molecule has 0 radical (unpaired) electrons. The van der Waals surface area contributed by atoms with Gasteiger partial charge in [0, 0.05) is 6.54 Å². The third kappa shape index (κ3) is 3.16. The largest absolute Gasteiger partial charge is 0.461 e. The molecule has 0 N–H and O–H groups in total. The Kier molecular flexibility index (Phi) is 4.61. The Morgan fingerprint density at radius 1 is 1.47 bits per heavy atom. The van der Waals surface area contributed by atoms with Gasteiger partial charge in [0.05, 0.1) is 21.5 Å². The minimum atomic E-state index is -0.388. The maximum absolute atomic E-state index is 11.7. The minimum Gasteiger partial charge on any atom is -0.461 e. The molecule has 0 aromatic carbocycles. The number of aryl methyl sites for hydroxylation is 1. The predicted octanol–water partition coefficient (Wildman–Crippen LogP) is 3.85. The van der Waals surface area contributed by atoms with E-state index >= 15 is 0 Å². The normalized spacial score (nSPS) is 10.7. The molecule has 19 heavy (non-hydrogen) atoms. The summed E-state index contributed by atoms with van der Waals surface area (Å²) in [6, 6.07) is 5.54. The van der Waals surface area contributed by atoms with Crippen LogP contribution in [0.5, 0.6) is 0 Å². The summed E-state index contributed by atoms with van der Waals surface area (Å²) in [7, 11) is 0. The van der Waals surface area contributed by atoms with E-state index in [1.807, 2.05) is 16.8 Å². The molecule has 4 nitrogen and oxygen atoms in total. The Hall–Kier alpha value is -1.33. The highest BCUT2D eigenvalue weighted by molar-refractivity contribution is 7.19. The van der Waals surface area contributed by atoms with Gasteiger partial charge in [-0.2, -0.15) is 5.10 Å². The highest BCUT2D eigenvalue weighted by Gasteiger charge is 2.17. The number of hydrogen-bond acceptors (Lipinski definition) is 4. The molecule has 0 saturated heterocycles. The predicted molar refractivity (Wildman–Crippen MR) is 76.8 cm³/mol. The summed E-state index contributed by atoms with van der Waals surface area (Å²) in [6.45, 7) is 4.95. The molecule has 0 aliphatic heterocycles. The first kappa shape index (κ1) is 14.1. The Labute approximate surface area is 121 Å². The zero-order chi connectivity index (χ0) is 13.8. The molecule has 0 saturated carbocycles. The summed E-state index contributed by atoms with van der Waals surface area (Å²) < 4.78 is 7.53. The monoisotopic (exact) mass is 298 g/mol. The molecular formula is C13H15ClN2O2S. The SMILES string of the molecule is CCCn1nc(C(=O)OCC)cc1-c1ccc(Cl)s1. The molecule has 2 heterocycles. The standard InChI is InChI=1S/C13H15ClN2O2S/c1-3-7-16-10(11-5-6-12(14)19-11)8-9(15-16)13(17)18-4-2/h5-6,8H,3-4,7H2,1-2H3. The Morgan fingerprint density at radius 2 is 2.26 bits per heavy atom. The van der Waals surface area contributed by atoms with Crippen molar-refractivity contribution in [2.24, 2.45) is 0 Å². The number of halogens is 1. The van der Waals surface area contributed by atoms with Crippen LogP contribution in [0.1, 0.15) is 30.8 Å². The second-order valence-electron chi connectivity index (χ2n) is 3.96. The fourth-order valence-corrected chi connectivity index (χ4v) is 2.82. The van der Waals surface area contributed by atoms with E-state index in [1.165, 1.54) is 11.3 Å². The van der Waals surface area contributed by atoms with Crippen molar-refractivity contribution in [2.75, 3.05) is 6.61 Å². The molecule has 0 atom stereocenters. The topological polar surface area (TPSA) is 44.1 Å². The van der Waals surface area contributed by atoms with Crippen molar-refractivity contribution in [3.8, 4) is 10.6 Å². The van der Waals surface area contributed by atoms with Crippen LogP contribution >= 0.6 is 22.9 Å². The number of carbonyl (C=O) groups excluding carboxylic acids is 1. The van der Waals surface area contributed by atoms with Crippen molar-refractivity contribution in [3.05, 3.63) is 28.2 Å². The summed E-state index contributed by atoms with van der Waals surface area (Å²) in [6.07, 6.45) is 0.941. The second-order valence-corrected chi connectivity index (χ2v) is 5.68. The van der Waals surface area contributed by atoms with Crippen molar-refractivity contribution in [1.82, 2.24) is 9.78 Å². The first-order valence-electron chi connectivity index (χ1n) is 6.16. The molecular weight excluding hydrogens is 284 g/mol. The molecule has 102 valence electrons. The molecule has 0 spiro atoms. The van der Waals surface area contributed by atoms with Crippen LogP contribution in [0.25, 0.3) is 10.6 Å². The molecule has 6 heteroatoms. The van der Waals surface area contributed by atoms with Crippen LogP contribution in [0, 0.1) is 0 Å². The molecule has 0 amide bonds. The highest BCUT2D eigenvalue weighted by Crippen LogP contribution is 2.31. The molecule has 2 aromatic rings. The van der Waals surface area contributed by atoms with Crippen molar-refractivity contribution in [3.63, 3.8) is 0 Å². The zero-order valence-electron chi connectivity index (χ0n) is 10.9. The van der Waals surface area contributed by atoms with Gasteiger partial charge in [-0.15, -0.1) is 11.3 Å². The third-order valence-corrected chi connectivity index (χ3v) is 3.78. The highest BCUT2D eigenvalue weighted by atomic mass is 35.5. The van der Waals surface area contributed by atoms with Gasteiger partial charge >= 0.3 is 5.97 Å². The van der Waals surface area contributed by atoms with Crippen molar-refractivity contribution < 1.29 is 9.53 Å². The van der Waals surface area contributed by atoms with Crippen LogP contribution in [-0.4, -0.2) is 22.4 Å². The van der Waals surface area contributed by atoms with E-state index in [2.05, 4.69) is 12.0 Å². The molecule has 0 aliphatic carbocycles. The van der Waals surface area contributed by atoms with Crippen LogP contribution in [0.4, 0.5) is 0 Å². The first-order chi connectivity index (χ1) is 9.15. The van der Waals surface area contributed by atoms with Gasteiger partial charge in [-0.05, 0) is 31.5 Å². The van der Waals surface area contributed by atoms with Gasteiger partial charge < -0.3 is 4.74 Å². The van der Waals surface area contributed by atoms with E-state index in [-0.39, 0.29) is 5.97 Å². The lowest BCUT2D eigenvalue weighted by molar-refractivity contribution is 0.0518. The minimum absolute atomic E-state index is 0.342. The van der Waals surface area contributed by atoms with Gasteiger partial charge in [-0.3, -0.25) is 4.68 Å². The Balaban J connectivity index is 2.38. The number of ether oxygens (including phenoxy) is 1. The van der Waals surface area contributed by atoms with Gasteiger partial charge in [0.15, 0.2) is 5.69 Å². The number of nitrogens with zero attached hydrogens (tertiary/aromatic N) is 2. The number of hydrogen-bond donors (Lipinski definition) is 0. The van der Waals surface area contributed by atoms with Crippen LogP contribution in [-0.2, 0) is 11.3 Å². The Morgan fingerprint density at radius 3 is 2.84 bits per heavy atom. The molecule has 0 unspecified atom stereocenters. The maximum atomic E-state index is 11.7. The van der Waals surface area contributed by atoms with Crippen molar-refractivity contribution in [1.29, 1.82) is 0 Å². The molecule has 0 fully saturated rings. The number of thiophene rings is 1. The third-order valence-electron chi connectivity index (χ3n) is 2.53. The fourth-order valence-electron chi connectivity index (χ4n) is 1.75. The van der Waals surface area contributed by atoms with Gasteiger partial charge in [0.1, 0.15) is 0 Å². The summed E-state index contributed by atoms with van der Waals surface area (Å²) in [5.74, 6) is -0.388. The van der Waals surface area contributed by atoms with Crippen molar-refractivity contribution >= 4 is 28.9 Å². The zero-order valence-corrected chi connectivity index (χ0v) is 12.4. The molecule has 0 aliphatic rings. The summed E-state index contributed by atoms with van der Waals surface area (Å²) in [4.78, 5) is 12.7. The lowest BCUT2D eigenvalue weighted by atomic mass is 10.3. The van der Waals surface area contributed by atoms with Crippen molar-refractivity contribution in [2.45, 2.75) is 26.8 Å². The number of carbonyl (C=O) groups is 1. The Bertz CT molecular complexity index is 577. The van der Waals surface area contributed by atoms with Crippen LogP contribution < -0.4 is 0 Å². The summed E-state index contributed by atoms with van der Waals surface area (Å²) in [5, 5.41) is 4.31. The summed E-state index contributed by atoms with van der Waals surface area (Å²) in [5.41, 5.74) is 1.25. The maximum Gasteiger partial charge on any atom is 0.358 e. The van der Waals surface area contributed by atoms with E-state index < -0.39 is 0 Å². The van der Waals surface area contributed by atoms with E-state index in [0.717, 1.165) is 27.9 Å². The van der Waals surface area contributed by atoms with Gasteiger partial charge in [0.2, 0.25) is 0 Å². The van der Waals surface area contributed by atoms with E-state index in [1.54, 1.807) is 13.0 Å². The van der Waals surface area contributed by atoms with Gasteiger partial charge in [-0.1, -0.05) is 18.5 Å². The average molecular weight is 299 g/mol. The fraction of sp³-hybridized carbons (Fsp3) is 0.385. The molecule has 0 bridgehead atoms. The van der Waals surface area contributed by atoms with Crippen LogP contribution in [0.3, 0.4) is 0 Å². The molecule has 2 aromatic heterocycles.